The number of aryl methyl sites for hydroxylation is 1. The summed E-state index contributed by atoms with van der Waals surface area (Å²) in [6.45, 7) is 4.90. The molecule has 0 radical (unpaired) electrons. The highest BCUT2D eigenvalue weighted by molar-refractivity contribution is 6.31. The van der Waals surface area contributed by atoms with Crippen molar-refractivity contribution in [1.82, 2.24) is 9.97 Å². The van der Waals surface area contributed by atoms with Crippen LogP contribution in [0.2, 0.25) is 5.02 Å². The van der Waals surface area contributed by atoms with Gasteiger partial charge in [0, 0.05) is 29.6 Å². The molecule has 23 heavy (non-hydrogen) atoms. The molecule has 5 nitrogen and oxygen atoms in total. The van der Waals surface area contributed by atoms with E-state index in [0.29, 0.717) is 22.2 Å². The second kappa shape index (κ2) is 8.48. The first kappa shape index (κ1) is 17.2. The Balaban J connectivity index is 1.96. The van der Waals surface area contributed by atoms with E-state index >= 15 is 0 Å². The molecule has 0 fully saturated rings. The van der Waals surface area contributed by atoms with E-state index in [2.05, 4.69) is 27.5 Å². The molecule has 0 aliphatic rings. The number of halogens is 1. The Morgan fingerprint density at radius 2 is 1.96 bits per heavy atom. The lowest BCUT2D eigenvalue weighted by molar-refractivity contribution is 0.102. The molecule has 2 N–H and O–H groups in total. The van der Waals surface area contributed by atoms with E-state index in [0.717, 1.165) is 18.5 Å². The molecule has 122 valence electrons. The number of hydrogen-bond acceptors (Lipinski definition) is 4. The highest BCUT2D eigenvalue weighted by atomic mass is 35.5. The normalized spacial score (nSPS) is 10.4. The molecule has 1 aromatic heterocycles. The Bertz CT molecular complexity index is 658. The second-order valence-corrected chi connectivity index (χ2v) is 5.78. The first-order valence-electron chi connectivity index (χ1n) is 7.73. The number of carbonyl (C=O) groups is 1. The number of benzene rings is 1. The van der Waals surface area contributed by atoms with Gasteiger partial charge in [0.1, 0.15) is 0 Å². The van der Waals surface area contributed by atoms with Crippen LogP contribution in [0.5, 0.6) is 0 Å². The number of nitrogens with one attached hydrogen (secondary N) is 2. The lowest BCUT2D eigenvalue weighted by atomic mass is 10.2. The van der Waals surface area contributed by atoms with Gasteiger partial charge in [0.2, 0.25) is 5.95 Å². The third-order valence-electron chi connectivity index (χ3n) is 3.43. The minimum absolute atomic E-state index is 0.257. The number of carbonyl (C=O) groups excluding carboxylic acids is 1. The predicted molar refractivity (Wildman–Crippen MR) is 94.2 cm³/mol. The fourth-order valence-corrected chi connectivity index (χ4v) is 2.21. The van der Waals surface area contributed by atoms with Crippen molar-refractivity contribution in [3.05, 3.63) is 46.7 Å². The standard InChI is InChI=1S/C17H21ClN4O/c1-3-4-5-8-19-17-20-10-13(11-21-17)16(23)22-15-9-14(18)7-6-12(15)2/h6-7,9-11H,3-5,8H2,1-2H3,(H,22,23)(H,19,20,21). The van der Waals surface area contributed by atoms with Gasteiger partial charge < -0.3 is 10.6 Å². The first-order chi connectivity index (χ1) is 11.1. The zero-order valence-electron chi connectivity index (χ0n) is 13.4. The van der Waals surface area contributed by atoms with Crippen LogP contribution in [0.25, 0.3) is 0 Å². The summed E-state index contributed by atoms with van der Waals surface area (Å²) in [6, 6.07) is 5.37. The van der Waals surface area contributed by atoms with Crippen LogP contribution in [0.15, 0.2) is 30.6 Å². The minimum Gasteiger partial charge on any atom is -0.354 e. The summed E-state index contributed by atoms with van der Waals surface area (Å²) in [6.07, 6.45) is 6.46. The summed E-state index contributed by atoms with van der Waals surface area (Å²) < 4.78 is 0. The fraction of sp³-hybridized carbons (Fsp3) is 0.353. The van der Waals surface area contributed by atoms with Crippen LogP contribution in [-0.2, 0) is 0 Å². The summed E-state index contributed by atoms with van der Waals surface area (Å²) in [5.41, 5.74) is 2.03. The monoisotopic (exact) mass is 332 g/mol. The second-order valence-electron chi connectivity index (χ2n) is 5.34. The topological polar surface area (TPSA) is 66.9 Å². The third kappa shape index (κ3) is 5.21. The molecule has 0 unspecified atom stereocenters. The number of aromatic nitrogens is 2. The Labute approximate surface area is 141 Å². The summed E-state index contributed by atoms with van der Waals surface area (Å²) in [7, 11) is 0. The number of rotatable bonds is 7. The smallest absolute Gasteiger partial charge is 0.258 e. The van der Waals surface area contributed by atoms with E-state index in [1.807, 2.05) is 13.0 Å². The van der Waals surface area contributed by atoms with Gasteiger partial charge in [-0.1, -0.05) is 37.4 Å². The van der Waals surface area contributed by atoms with Crippen molar-refractivity contribution >= 4 is 29.1 Å². The molecule has 0 atom stereocenters. The van der Waals surface area contributed by atoms with Crippen molar-refractivity contribution in [2.75, 3.05) is 17.2 Å². The summed E-state index contributed by atoms with van der Waals surface area (Å²) in [4.78, 5) is 20.6. The lowest BCUT2D eigenvalue weighted by Gasteiger charge is -2.09. The molecule has 0 saturated carbocycles. The van der Waals surface area contributed by atoms with E-state index in [1.165, 1.54) is 25.2 Å². The van der Waals surface area contributed by atoms with Crippen LogP contribution >= 0.6 is 11.6 Å². The Hall–Kier alpha value is -2.14. The molecule has 0 aliphatic carbocycles. The van der Waals surface area contributed by atoms with Crippen LogP contribution in [-0.4, -0.2) is 22.4 Å². The van der Waals surface area contributed by atoms with E-state index in [9.17, 15) is 4.79 Å². The van der Waals surface area contributed by atoms with E-state index in [-0.39, 0.29) is 5.91 Å². The molecule has 0 aliphatic heterocycles. The maximum Gasteiger partial charge on any atom is 0.258 e. The summed E-state index contributed by atoms with van der Waals surface area (Å²) in [5.74, 6) is 0.282. The highest BCUT2D eigenvalue weighted by Crippen LogP contribution is 2.20. The molecule has 2 rings (SSSR count). The maximum absolute atomic E-state index is 12.2. The van der Waals surface area contributed by atoms with Crippen LogP contribution in [0.1, 0.15) is 42.1 Å². The fourth-order valence-electron chi connectivity index (χ4n) is 2.04. The average Bonchev–Trinajstić information content (AvgIpc) is 2.55. The van der Waals surface area contributed by atoms with Crippen molar-refractivity contribution in [1.29, 1.82) is 0 Å². The number of amides is 1. The molecular weight excluding hydrogens is 312 g/mol. The Morgan fingerprint density at radius 1 is 1.22 bits per heavy atom. The highest BCUT2D eigenvalue weighted by Gasteiger charge is 2.09. The Morgan fingerprint density at radius 3 is 2.65 bits per heavy atom. The van der Waals surface area contributed by atoms with Crippen molar-refractivity contribution in [3.63, 3.8) is 0 Å². The van der Waals surface area contributed by atoms with Crippen LogP contribution in [0.3, 0.4) is 0 Å². The molecule has 0 bridgehead atoms. The molecule has 1 amide bonds. The SMILES string of the molecule is CCCCCNc1ncc(C(=O)Nc2cc(Cl)ccc2C)cn1. The molecule has 1 aromatic carbocycles. The van der Waals surface area contributed by atoms with E-state index in [4.69, 9.17) is 11.6 Å². The predicted octanol–water partition coefficient (Wildman–Crippen LogP) is 4.29. The average molecular weight is 333 g/mol. The zero-order chi connectivity index (χ0) is 16.7. The van der Waals surface area contributed by atoms with Gasteiger partial charge in [0.05, 0.1) is 5.56 Å². The summed E-state index contributed by atoms with van der Waals surface area (Å²) >= 11 is 5.95. The molecule has 1 heterocycles. The van der Waals surface area contributed by atoms with Crippen LogP contribution in [0, 0.1) is 6.92 Å². The zero-order valence-corrected chi connectivity index (χ0v) is 14.2. The van der Waals surface area contributed by atoms with Gasteiger partial charge in [-0.15, -0.1) is 0 Å². The van der Waals surface area contributed by atoms with Crippen LogP contribution < -0.4 is 10.6 Å². The van der Waals surface area contributed by atoms with Gasteiger partial charge in [-0.2, -0.15) is 0 Å². The lowest BCUT2D eigenvalue weighted by Crippen LogP contribution is -2.14. The van der Waals surface area contributed by atoms with Gasteiger partial charge >= 0.3 is 0 Å². The van der Waals surface area contributed by atoms with Crippen molar-refractivity contribution in [2.45, 2.75) is 33.1 Å². The first-order valence-corrected chi connectivity index (χ1v) is 8.11. The molecule has 2 aromatic rings. The number of unbranched alkanes of at least 4 members (excludes halogenated alkanes) is 2. The van der Waals surface area contributed by atoms with Gasteiger partial charge in [0.25, 0.3) is 5.91 Å². The molecule has 0 saturated heterocycles. The van der Waals surface area contributed by atoms with E-state index in [1.54, 1.807) is 12.1 Å². The largest absolute Gasteiger partial charge is 0.354 e. The number of hydrogen-bond donors (Lipinski definition) is 2. The number of nitrogens with zero attached hydrogens (tertiary/aromatic N) is 2. The van der Waals surface area contributed by atoms with Crippen molar-refractivity contribution in [3.8, 4) is 0 Å². The van der Waals surface area contributed by atoms with Gasteiger partial charge in [0.15, 0.2) is 0 Å². The van der Waals surface area contributed by atoms with Crippen molar-refractivity contribution in [2.24, 2.45) is 0 Å². The van der Waals surface area contributed by atoms with Crippen LogP contribution in [0.4, 0.5) is 11.6 Å². The summed E-state index contributed by atoms with van der Waals surface area (Å²) in [5, 5.41) is 6.54. The van der Waals surface area contributed by atoms with Gasteiger partial charge in [-0.05, 0) is 31.0 Å². The van der Waals surface area contributed by atoms with Crippen molar-refractivity contribution < 1.29 is 4.79 Å². The van der Waals surface area contributed by atoms with E-state index < -0.39 is 0 Å². The molecule has 6 heteroatoms. The third-order valence-corrected chi connectivity index (χ3v) is 3.66. The quantitative estimate of drug-likeness (QED) is 0.742. The van der Waals surface area contributed by atoms with Gasteiger partial charge in [-0.25, -0.2) is 9.97 Å². The number of anilines is 2. The molecule has 0 spiro atoms. The van der Waals surface area contributed by atoms with Gasteiger partial charge in [-0.3, -0.25) is 4.79 Å². The Kier molecular flexibility index (Phi) is 6.35. The maximum atomic E-state index is 12.2. The minimum atomic E-state index is -0.257. The molecular formula is C17H21ClN4O.